The van der Waals surface area contributed by atoms with Crippen molar-refractivity contribution in [1.82, 2.24) is 9.88 Å². The monoisotopic (exact) mass is 468 g/mol. The molecule has 1 atom stereocenters. The minimum atomic E-state index is -3.07. The Labute approximate surface area is 184 Å². The summed E-state index contributed by atoms with van der Waals surface area (Å²) >= 11 is 3.25. The maximum absolute atomic E-state index is 12.6. The van der Waals surface area contributed by atoms with Crippen molar-refractivity contribution >= 4 is 55.0 Å². The molecule has 0 unspecified atom stereocenters. The molecular weight excluding hydrogens is 444 g/mol. The van der Waals surface area contributed by atoms with E-state index in [2.05, 4.69) is 4.98 Å². The molecule has 162 valence electrons. The average molecular weight is 469 g/mol. The molecule has 7 nitrogen and oxygen atoms in total. The molecule has 1 saturated heterocycles. The molecule has 2 aliphatic rings. The van der Waals surface area contributed by atoms with E-state index in [1.807, 2.05) is 24.3 Å². The molecule has 2 aromatic rings. The number of ether oxygens (including phenoxy) is 1. The summed E-state index contributed by atoms with van der Waals surface area (Å²) in [5, 5.41) is 0. The standard InChI is InChI=1S/C20H24N2O5S3/c23-18(22(14-7-8-14)15-9-11-30(25,26)13-15)12-27-19(24)6-3-10-28-20-21-16-4-1-2-5-17(16)29-20/h1-2,4-5,14-15H,3,6-13H2/t15-/m0/s1. The van der Waals surface area contributed by atoms with Gasteiger partial charge in [0.1, 0.15) is 0 Å². The van der Waals surface area contributed by atoms with Crippen molar-refractivity contribution in [1.29, 1.82) is 0 Å². The Bertz CT molecular complexity index is 999. The fourth-order valence-corrected chi connectivity index (χ4v) is 7.42. The Morgan fingerprint density at radius 2 is 2.00 bits per heavy atom. The van der Waals surface area contributed by atoms with Crippen molar-refractivity contribution in [3.8, 4) is 0 Å². The van der Waals surface area contributed by atoms with Crippen LogP contribution in [-0.4, -0.2) is 66.1 Å². The SMILES string of the molecule is O=C(CCCSc1nc2ccccc2s1)OCC(=O)N(C1CC1)[C@H]1CCS(=O)(=O)C1. The van der Waals surface area contributed by atoms with Gasteiger partial charge < -0.3 is 9.64 Å². The normalized spacial score (nSPS) is 20.3. The van der Waals surface area contributed by atoms with Gasteiger partial charge in [-0.15, -0.1) is 11.3 Å². The van der Waals surface area contributed by atoms with Gasteiger partial charge in [-0.3, -0.25) is 9.59 Å². The third-order valence-electron chi connectivity index (χ3n) is 5.21. The number of nitrogens with zero attached hydrogens (tertiary/aromatic N) is 2. The zero-order valence-corrected chi connectivity index (χ0v) is 18.9. The molecule has 0 bridgehead atoms. The highest BCUT2D eigenvalue weighted by Crippen LogP contribution is 2.32. The number of rotatable bonds is 9. The number of aromatic nitrogens is 1. The summed E-state index contributed by atoms with van der Waals surface area (Å²) < 4.78 is 30.8. The first-order valence-electron chi connectivity index (χ1n) is 10.1. The highest BCUT2D eigenvalue weighted by Gasteiger charge is 2.42. The van der Waals surface area contributed by atoms with Gasteiger partial charge >= 0.3 is 5.97 Å². The number of para-hydroxylation sites is 1. The second-order valence-electron chi connectivity index (χ2n) is 7.65. The Balaban J connectivity index is 1.18. The lowest BCUT2D eigenvalue weighted by atomic mass is 10.2. The summed E-state index contributed by atoms with van der Waals surface area (Å²) in [6.45, 7) is -0.309. The molecule has 0 spiro atoms. The molecule has 1 saturated carbocycles. The van der Waals surface area contributed by atoms with Crippen LogP contribution in [0.2, 0.25) is 0 Å². The van der Waals surface area contributed by atoms with Crippen LogP contribution >= 0.6 is 23.1 Å². The molecule has 10 heteroatoms. The van der Waals surface area contributed by atoms with Gasteiger partial charge in [-0.05, 0) is 37.8 Å². The van der Waals surface area contributed by atoms with E-state index in [0.717, 1.165) is 33.2 Å². The Kier molecular flexibility index (Phi) is 6.64. The summed E-state index contributed by atoms with van der Waals surface area (Å²) in [7, 11) is -3.07. The molecule has 1 aromatic carbocycles. The molecule has 2 heterocycles. The first kappa shape index (κ1) is 21.6. The van der Waals surface area contributed by atoms with Crippen molar-refractivity contribution in [3.05, 3.63) is 24.3 Å². The predicted molar refractivity (Wildman–Crippen MR) is 117 cm³/mol. The Hall–Kier alpha value is -1.65. The van der Waals surface area contributed by atoms with Crippen molar-refractivity contribution in [2.75, 3.05) is 23.9 Å². The van der Waals surface area contributed by atoms with Crippen LogP contribution in [0.4, 0.5) is 0 Å². The molecule has 30 heavy (non-hydrogen) atoms. The van der Waals surface area contributed by atoms with Gasteiger partial charge in [-0.25, -0.2) is 13.4 Å². The van der Waals surface area contributed by atoms with Crippen molar-refractivity contribution in [3.63, 3.8) is 0 Å². The van der Waals surface area contributed by atoms with Crippen LogP contribution in [0.3, 0.4) is 0 Å². The quantitative estimate of drug-likeness (QED) is 0.317. The van der Waals surface area contributed by atoms with E-state index in [-0.39, 0.29) is 42.5 Å². The lowest BCUT2D eigenvalue weighted by Crippen LogP contribution is -2.44. The van der Waals surface area contributed by atoms with Gasteiger partial charge in [-0.2, -0.15) is 0 Å². The van der Waals surface area contributed by atoms with Crippen molar-refractivity contribution in [2.24, 2.45) is 0 Å². The zero-order valence-electron chi connectivity index (χ0n) is 16.5. The minimum Gasteiger partial charge on any atom is -0.456 e. The van der Waals surface area contributed by atoms with E-state index >= 15 is 0 Å². The largest absolute Gasteiger partial charge is 0.456 e. The summed E-state index contributed by atoms with van der Waals surface area (Å²) in [5.74, 6) is 0.212. The Morgan fingerprint density at radius 3 is 2.70 bits per heavy atom. The number of carbonyl (C=O) groups excluding carboxylic acids is 2. The number of sulfone groups is 1. The fraction of sp³-hybridized carbons (Fsp3) is 0.550. The van der Waals surface area contributed by atoms with Crippen molar-refractivity contribution in [2.45, 2.75) is 48.5 Å². The number of hydrogen-bond donors (Lipinski definition) is 0. The maximum atomic E-state index is 12.6. The minimum absolute atomic E-state index is 0.0200. The number of fused-ring (bicyclic) bond motifs is 1. The maximum Gasteiger partial charge on any atom is 0.306 e. The molecule has 1 amide bonds. The molecule has 2 fully saturated rings. The number of hydrogen-bond acceptors (Lipinski definition) is 8. The predicted octanol–water partition coefficient (Wildman–Crippen LogP) is 2.89. The number of thiazole rings is 1. The van der Waals surface area contributed by atoms with E-state index in [0.29, 0.717) is 12.8 Å². The molecular formula is C20H24N2O5S3. The third-order valence-corrected chi connectivity index (χ3v) is 9.23. The molecule has 1 aliphatic heterocycles. The fourth-order valence-electron chi connectivity index (χ4n) is 3.63. The molecule has 4 rings (SSSR count). The average Bonchev–Trinajstić information content (AvgIpc) is 3.34. The van der Waals surface area contributed by atoms with E-state index in [4.69, 9.17) is 4.74 Å². The van der Waals surface area contributed by atoms with Crippen LogP contribution in [0.25, 0.3) is 10.2 Å². The van der Waals surface area contributed by atoms with Crippen LogP contribution in [0.15, 0.2) is 28.6 Å². The molecule has 1 aliphatic carbocycles. The van der Waals surface area contributed by atoms with E-state index < -0.39 is 15.8 Å². The van der Waals surface area contributed by atoms with Crippen LogP contribution in [-0.2, 0) is 24.2 Å². The number of carbonyl (C=O) groups is 2. The van der Waals surface area contributed by atoms with Crippen LogP contribution in [0.1, 0.15) is 32.1 Å². The number of benzene rings is 1. The van der Waals surface area contributed by atoms with Crippen molar-refractivity contribution < 1.29 is 22.7 Å². The zero-order chi connectivity index (χ0) is 21.1. The number of thioether (sulfide) groups is 1. The molecule has 1 aromatic heterocycles. The smallest absolute Gasteiger partial charge is 0.306 e. The topological polar surface area (TPSA) is 93.6 Å². The third kappa shape index (κ3) is 5.53. The second-order valence-corrected chi connectivity index (χ2v) is 12.3. The highest BCUT2D eigenvalue weighted by molar-refractivity contribution is 8.01. The van der Waals surface area contributed by atoms with Crippen LogP contribution in [0.5, 0.6) is 0 Å². The second kappa shape index (κ2) is 9.23. The van der Waals surface area contributed by atoms with Gasteiger partial charge in [0.05, 0.1) is 21.7 Å². The molecule has 0 radical (unpaired) electrons. The lowest BCUT2D eigenvalue weighted by molar-refractivity contribution is -0.153. The van der Waals surface area contributed by atoms with Gasteiger partial charge in [0.15, 0.2) is 20.8 Å². The van der Waals surface area contributed by atoms with Gasteiger partial charge in [0, 0.05) is 24.3 Å². The summed E-state index contributed by atoms with van der Waals surface area (Å²) in [6, 6.07) is 7.79. The summed E-state index contributed by atoms with van der Waals surface area (Å²) in [5.41, 5.74) is 0.984. The van der Waals surface area contributed by atoms with Crippen LogP contribution in [0, 0.1) is 0 Å². The highest BCUT2D eigenvalue weighted by atomic mass is 32.2. The van der Waals surface area contributed by atoms with E-state index in [1.165, 1.54) is 0 Å². The first-order chi connectivity index (χ1) is 14.4. The van der Waals surface area contributed by atoms with Crippen LogP contribution < -0.4 is 0 Å². The van der Waals surface area contributed by atoms with E-state index in [1.54, 1.807) is 28.0 Å². The van der Waals surface area contributed by atoms with E-state index in [9.17, 15) is 18.0 Å². The first-order valence-corrected chi connectivity index (χ1v) is 13.7. The summed E-state index contributed by atoms with van der Waals surface area (Å²) in [4.78, 5) is 30.8. The van der Waals surface area contributed by atoms with Gasteiger partial charge in [-0.1, -0.05) is 23.9 Å². The van der Waals surface area contributed by atoms with Gasteiger partial charge in [0.25, 0.3) is 5.91 Å². The lowest BCUT2D eigenvalue weighted by Gasteiger charge is -2.28. The number of esters is 1. The Morgan fingerprint density at radius 1 is 1.20 bits per heavy atom. The molecule has 0 N–H and O–H groups in total. The number of amides is 1. The summed E-state index contributed by atoms with van der Waals surface area (Å²) in [6.07, 6.45) is 3.13. The van der Waals surface area contributed by atoms with Gasteiger partial charge in [0.2, 0.25) is 0 Å².